The second-order valence-corrected chi connectivity index (χ2v) is 52.7. The summed E-state index contributed by atoms with van der Waals surface area (Å²) in [6.07, 6.45) is 0. The Bertz CT molecular complexity index is 822. The SMILES string of the molecule is I[C]12[CH]3[CH]4[CH]5[C]1(I)[Ru]43521678[CH]2[CH]1[CH]6[CH]7[CH]28. The van der Waals surface area contributed by atoms with Crippen molar-refractivity contribution < 1.29 is 7.72 Å². The van der Waals surface area contributed by atoms with E-state index >= 15 is 0 Å². The summed E-state index contributed by atoms with van der Waals surface area (Å²) in [7, 11) is -2.91. The van der Waals surface area contributed by atoms with Crippen molar-refractivity contribution in [1.82, 2.24) is 0 Å². The summed E-state index contributed by atoms with van der Waals surface area (Å²) in [4.78, 5) is 0. The van der Waals surface area contributed by atoms with Crippen LogP contribution in [0.5, 0.6) is 0 Å². The van der Waals surface area contributed by atoms with Crippen molar-refractivity contribution in [3.05, 3.63) is 0 Å². The summed E-state index contributed by atoms with van der Waals surface area (Å²) in [6, 6.07) is 0. The fourth-order valence-corrected chi connectivity index (χ4v) is 198. The molecule has 0 N–H and O–H groups in total. The fraction of sp³-hybridized carbons (Fsp3) is 1.00. The third-order valence-electron chi connectivity index (χ3n) is 14.5. The molecule has 3 heteroatoms. The molecule has 0 bridgehead atoms. The summed E-state index contributed by atoms with van der Waals surface area (Å²) in [5, 5.41) is 0. The Balaban J connectivity index is 2.20. The van der Waals surface area contributed by atoms with E-state index in [4.69, 9.17) is 0 Å². The maximum atomic E-state index is 3.08. The first-order chi connectivity index (χ1) is 5.94. The maximum absolute atomic E-state index is 3.08. The number of alkyl halides is 2. The Labute approximate surface area is 91.6 Å². The molecule has 10 rings (SSSR count). The second kappa shape index (κ2) is 0.349. The van der Waals surface area contributed by atoms with Gasteiger partial charge in [-0.05, 0) is 0 Å². The van der Waals surface area contributed by atoms with Crippen LogP contribution in [0.3, 0.4) is 0 Å². The van der Waals surface area contributed by atoms with Gasteiger partial charge in [0.2, 0.25) is 0 Å². The molecule has 1 spiro atoms. The van der Waals surface area contributed by atoms with Gasteiger partial charge in [-0.2, -0.15) is 0 Å². The van der Waals surface area contributed by atoms with Gasteiger partial charge >= 0.3 is 93.0 Å². The molecule has 4 unspecified atom stereocenters. The second-order valence-electron chi connectivity index (χ2n) is 9.57. The van der Waals surface area contributed by atoms with Crippen LogP contribution in [0.1, 0.15) is 0 Å². The number of rotatable bonds is 0. The minimum atomic E-state index is -2.91. The molecule has 0 aromatic heterocycles. The Morgan fingerprint density at radius 3 is 1.08 bits per heavy atom. The molecule has 4 atom stereocenters. The number of halogens is 2. The van der Waals surface area contributed by atoms with Crippen molar-refractivity contribution in [3.8, 4) is 0 Å². The van der Waals surface area contributed by atoms with Crippen LogP contribution in [-0.4, -0.2) is 4.03 Å². The molecule has 10 heterocycles. The number of hydrogen-bond acceptors (Lipinski definition) is 0. The van der Waals surface area contributed by atoms with E-state index in [2.05, 4.69) is 45.2 Å². The molecule has 10 aliphatic rings. The van der Waals surface area contributed by atoms with Gasteiger partial charge in [0, 0.05) is 0 Å². The van der Waals surface area contributed by atoms with E-state index in [1.54, 1.807) is 0 Å². The van der Waals surface area contributed by atoms with Gasteiger partial charge in [-0.3, -0.25) is 0 Å². The Morgan fingerprint density at radius 2 is 1.08 bits per heavy atom. The van der Waals surface area contributed by atoms with E-state index in [1.807, 2.05) is 0 Å². The molecule has 0 amide bonds. The molecular weight excluding hydrogens is 475 g/mol. The third kappa shape index (κ3) is 0.0392. The average molecular weight is 483 g/mol. The molecule has 0 aromatic carbocycles. The van der Waals surface area contributed by atoms with E-state index in [0.29, 0.717) is 0 Å². The normalized spacial score (nSPS) is 158. The summed E-state index contributed by atoms with van der Waals surface area (Å²) in [5.74, 6) is 0. The Hall–Kier alpha value is 2.08. The van der Waals surface area contributed by atoms with Gasteiger partial charge in [-0.25, -0.2) is 0 Å². The Morgan fingerprint density at radius 1 is 0.692 bits per heavy atom. The predicted molar refractivity (Wildman–Crippen MR) is 63.5 cm³/mol. The van der Waals surface area contributed by atoms with E-state index < -0.39 is 7.72 Å². The van der Waals surface area contributed by atoms with Gasteiger partial charge < -0.3 is 0 Å². The monoisotopic (exact) mass is 484 g/mol. The summed E-state index contributed by atoms with van der Waals surface area (Å²) < 4.78 is 14.4. The van der Waals surface area contributed by atoms with Crippen LogP contribution in [0.2, 0.25) is 36.1 Å². The zero-order chi connectivity index (χ0) is 7.94. The van der Waals surface area contributed by atoms with Crippen molar-refractivity contribution >= 4 is 45.2 Å². The van der Waals surface area contributed by atoms with Crippen LogP contribution in [-0.2, 0) is 7.72 Å². The molecule has 10 aliphatic heterocycles. The molecule has 70 valence electrons. The third-order valence-corrected chi connectivity index (χ3v) is 110. The number of hydrogen-bond donors (Lipinski definition) is 0. The van der Waals surface area contributed by atoms with E-state index in [9.17, 15) is 0 Å². The van der Waals surface area contributed by atoms with Gasteiger partial charge in [-0.15, -0.1) is 0 Å². The summed E-state index contributed by atoms with van der Waals surface area (Å²) in [6.45, 7) is 0. The van der Waals surface area contributed by atoms with Crippen LogP contribution < -0.4 is 0 Å². The quantitative estimate of drug-likeness (QED) is 0.277. The van der Waals surface area contributed by atoms with Crippen LogP contribution in [0, 0.1) is 0 Å². The van der Waals surface area contributed by atoms with Gasteiger partial charge in [0.05, 0.1) is 0 Å². The van der Waals surface area contributed by atoms with E-state index in [-0.39, 0.29) is 0 Å². The van der Waals surface area contributed by atoms with Crippen molar-refractivity contribution in [2.75, 3.05) is 0 Å². The molecule has 0 aromatic rings. The van der Waals surface area contributed by atoms with Gasteiger partial charge in [0.1, 0.15) is 0 Å². The van der Waals surface area contributed by atoms with Gasteiger partial charge in [0.25, 0.3) is 0 Å². The fourth-order valence-electron chi connectivity index (χ4n) is 15.9. The van der Waals surface area contributed by atoms with Gasteiger partial charge in [-0.1, -0.05) is 0 Å². The summed E-state index contributed by atoms with van der Waals surface area (Å²) >= 11 is 6.15. The molecule has 10 fully saturated rings. The van der Waals surface area contributed by atoms with E-state index in [1.165, 1.54) is 36.1 Å². The first kappa shape index (κ1) is 5.16. The zero-order valence-electron chi connectivity index (χ0n) is 6.73. The van der Waals surface area contributed by atoms with Crippen molar-refractivity contribution in [2.45, 2.75) is 40.1 Å². The molecule has 0 radical (unpaired) electrons. The van der Waals surface area contributed by atoms with E-state index in [0.717, 1.165) is 4.03 Å². The average Bonchev–Trinajstić information content (AvgIpc) is 3.02. The number of fused-ring (bicyclic) bond motifs is 10. The standard InChI is InChI=1S/C5H3I2.C5H5.Ru/c6-4-2-1-3-5(4)7;1-2-4-5-3-1;/h1-3H;1-5H;. The van der Waals surface area contributed by atoms with Crippen LogP contribution in [0.25, 0.3) is 0 Å². The molecule has 13 heavy (non-hydrogen) atoms. The van der Waals surface area contributed by atoms with Crippen molar-refractivity contribution in [2.24, 2.45) is 0 Å². The topological polar surface area (TPSA) is 0 Å². The molecule has 0 saturated carbocycles. The first-order valence-electron chi connectivity index (χ1n) is 5.53. The summed E-state index contributed by atoms with van der Waals surface area (Å²) in [5.41, 5.74) is 0. The zero-order valence-corrected chi connectivity index (χ0v) is 12.8. The Kier molecular flexibility index (Phi) is 0.139. The molecule has 0 aliphatic carbocycles. The van der Waals surface area contributed by atoms with Crippen molar-refractivity contribution in [1.29, 1.82) is 0 Å². The first-order valence-corrected chi connectivity index (χ1v) is 17.4. The van der Waals surface area contributed by atoms with Crippen LogP contribution in [0.4, 0.5) is 0 Å². The molecule has 0 nitrogen and oxygen atoms in total. The van der Waals surface area contributed by atoms with Crippen LogP contribution in [0.15, 0.2) is 0 Å². The van der Waals surface area contributed by atoms with Crippen molar-refractivity contribution in [3.63, 3.8) is 0 Å². The van der Waals surface area contributed by atoms with Crippen LogP contribution >= 0.6 is 45.2 Å². The predicted octanol–water partition coefficient (Wildman–Crippen LogP) is 4.06. The molecule has 10 saturated heterocycles. The van der Waals surface area contributed by atoms with Gasteiger partial charge in [0.15, 0.2) is 0 Å². The molecular formula is C10H8I2Ru. The minimum absolute atomic E-state index is 1.11.